The van der Waals surface area contributed by atoms with E-state index in [1.54, 1.807) is 0 Å². The van der Waals surface area contributed by atoms with Crippen molar-refractivity contribution in [2.75, 3.05) is 0 Å². The number of carboxylic acid groups (broad SMARTS) is 1. The van der Waals surface area contributed by atoms with E-state index in [2.05, 4.69) is 0 Å². The number of Topliss-reactive ketones (excluding diaryl/α,β-unsaturated/α-hetero) is 2. The largest absolute Gasteiger partial charge is 0.481 e. The summed E-state index contributed by atoms with van der Waals surface area (Å²) in [5, 5.41) is 8.34. The molecule has 0 aliphatic rings. The maximum Gasteiger partial charge on any atom is 0.303 e. The fraction of sp³-hybridized carbons (Fsp3) is 0.182. The van der Waals surface area contributed by atoms with E-state index in [0.29, 0.717) is 0 Å². The van der Waals surface area contributed by atoms with E-state index >= 15 is 0 Å². The quantitative estimate of drug-likeness (QED) is 0.606. The highest BCUT2D eigenvalue weighted by Crippen LogP contribution is 2.06. The van der Waals surface area contributed by atoms with Crippen molar-refractivity contribution in [2.24, 2.45) is 0 Å². The Morgan fingerprint density at radius 3 is 2.12 bits per heavy atom. The van der Waals surface area contributed by atoms with Gasteiger partial charge < -0.3 is 5.11 Å². The summed E-state index contributed by atoms with van der Waals surface area (Å²) in [6.07, 6.45) is -0.725. The number of rotatable bonds is 5. The molecule has 1 aromatic carbocycles. The maximum absolute atomic E-state index is 12.5. The zero-order valence-corrected chi connectivity index (χ0v) is 8.27. The second-order valence-electron chi connectivity index (χ2n) is 3.15. The molecular weight excluding hydrogens is 215 g/mol. The number of ketones is 2. The molecule has 16 heavy (non-hydrogen) atoms. The Balaban J connectivity index is 2.67. The average Bonchev–Trinajstić information content (AvgIpc) is 2.26. The van der Waals surface area contributed by atoms with E-state index in [9.17, 15) is 18.8 Å². The van der Waals surface area contributed by atoms with Gasteiger partial charge in [0.1, 0.15) is 5.82 Å². The van der Waals surface area contributed by atoms with Gasteiger partial charge in [0.05, 0.1) is 6.42 Å². The molecule has 1 N–H and O–H groups in total. The van der Waals surface area contributed by atoms with Gasteiger partial charge in [-0.05, 0) is 24.3 Å². The lowest BCUT2D eigenvalue weighted by Crippen LogP contribution is -2.15. The van der Waals surface area contributed by atoms with Crippen LogP contribution < -0.4 is 0 Å². The van der Waals surface area contributed by atoms with Gasteiger partial charge in [0.25, 0.3) is 0 Å². The lowest BCUT2D eigenvalue weighted by atomic mass is 10.0. The molecule has 0 unspecified atom stereocenters. The van der Waals surface area contributed by atoms with Crippen molar-refractivity contribution in [3.8, 4) is 0 Å². The first-order chi connectivity index (χ1) is 7.50. The van der Waals surface area contributed by atoms with Crippen LogP contribution in [0.4, 0.5) is 4.39 Å². The van der Waals surface area contributed by atoms with Crippen molar-refractivity contribution in [1.29, 1.82) is 0 Å². The molecule has 0 amide bonds. The SMILES string of the molecule is O=C(O)CCC(=O)C(=O)c1ccc(F)cc1. The summed E-state index contributed by atoms with van der Waals surface area (Å²) in [6, 6.07) is 4.52. The Bertz CT molecular complexity index is 422. The van der Waals surface area contributed by atoms with E-state index in [0.717, 1.165) is 12.1 Å². The van der Waals surface area contributed by atoms with Gasteiger partial charge in [-0.15, -0.1) is 0 Å². The van der Waals surface area contributed by atoms with Gasteiger partial charge in [-0.25, -0.2) is 4.39 Å². The third kappa shape index (κ3) is 3.27. The highest BCUT2D eigenvalue weighted by atomic mass is 19.1. The van der Waals surface area contributed by atoms with Gasteiger partial charge in [-0.3, -0.25) is 14.4 Å². The molecule has 0 saturated heterocycles. The second kappa shape index (κ2) is 5.16. The molecule has 0 aliphatic carbocycles. The normalized spacial score (nSPS) is 9.81. The van der Waals surface area contributed by atoms with Crippen molar-refractivity contribution in [3.05, 3.63) is 35.6 Å². The third-order valence-electron chi connectivity index (χ3n) is 1.93. The molecule has 1 rings (SSSR count). The highest BCUT2D eigenvalue weighted by Gasteiger charge is 2.16. The van der Waals surface area contributed by atoms with Gasteiger partial charge >= 0.3 is 5.97 Å². The van der Waals surface area contributed by atoms with Crippen LogP contribution in [0.3, 0.4) is 0 Å². The van der Waals surface area contributed by atoms with Crippen LogP contribution in [0.2, 0.25) is 0 Å². The summed E-state index contributed by atoms with van der Waals surface area (Å²) in [7, 11) is 0. The summed E-state index contributed by atoms with van der Waals surface area (Å²) in [4.78, 5) is 32.8. The minimum atomic E-state index is -1.14. The lowest BCUT2D eigenvalue weighted by molar-refractivity contribution is -0.138. The number of hydrogen-bond donors (Lipinski definition) is 1. The van der Waals surface area contributed by atoms with E-state index < -0.39 is 23.4 Å². The molecule has 0 fully saturated rings. The molecule has 4 nitrogen and oxygen atoms in total. The van der Waals surface area contributed by atoms with Crippen LogP contribution in [0.5, 0.6) is 0 Å². The van der Waals surface area contributed by atoms with Crippen molar-refractivity contribution >= 4 is 17.5 Å². The van der Waals surface area contributed by atoms with Crippen molar-refractivity contribution in [3.63, 3.8) is 0 Å². The van der Waals surface area contributed by atoms with Gasteiger partial charge in [-0.2, -0.15) is 0 Å². The zero-order chi connectivity index (χ0) is 12.1. The Morgan fingerprint density at radius 2 is 1.62 bits per heavy atom. The number of halogens is 1. The summed E-state index contributed by atoms with van der Waals surface area (Å²) in [6.45, 7) is 0. The van der Waals surface area contributed by atoms with Crippen molar-refractivity contribution in [2.45, 2.75) is 12.8 Å². The molecule has 0 spiro atoms. The van der Waals surface area contributed by atoms with Crippen LogP contribution >= 0.6 is 0 Å². The molecule has 1 aromatic rings. The minimum absolute atomic E-state index is 0.0665. The first-order valence-corrected chi connectivity index (χ1v) is 4.55. The topological polar surface area (TPSA) is 71.4 Å². The number of carboxylic acids is 1. The number of carbonyl (C=O) groups is 3. The van der Waals surface area contributed by atoms with Crippen LogP contribution in [0.25, 0.3) is 0 Å². The predicted octanol–water partition coefficient (Wildman–Crippen LogP) is 1.44. The Kier molecular flexibility index (Phi) is 3.88. The first-order valence-electron chi connectivity index (χ1n) is 4.55. The Morgan fingerprint density at radius 1 is 1.06 bits per heavy atom. The van der Waals surface area contributed by atoms with Gasteiger partial charge in [0, 0.05) is 12.0 Å². The molecular formula is C11H9FO4. The van der Waals surface area contributed by atoms with Gasteiger partial charge in [0.2, 0.25) is 11.6 Å². The standard InChI is InChI=1S/C11H9FO4/c12-8-3-1-7(2-4-8)11(16)9(13)5-6-10(14)15/h1-4H,5-6H2,(H,14,15). The molecule has 0 saturated carbocycles. The molecule has 0 radical (unpaired) electrons. The number of hydrogen-bond acceptors (Lipinski definition) is 3. The minimum Gasteiger partial charge on any atom is -0.481 e. The smallest absolute Gasteiger partial charge is 0.303 e. The molecule has 84 valence electrons. The van der Waals surface area contributed by atoms with Crippen molar-refractivity contribution in [1.82, 2.24) is 0 Å². The molecule has 0 atom stereocenters. The van der Waals surface area contributed by atoms with Crippen LogP contribution in [-0.4, -0.2) is 22.6 Å². The van der Waals surface area contributed by atoms with E-state index in [1.807, 2.05) is 0 Å². The van der Waals surface area contributed by atoms with Crippen molar-refractivity contribution < 1.29 is 23.9 Å². The Labute approximate surface area is 90.7 Å². The third-order valence-corrected chi connectivity index (χ3v) is 1.93. The van der Waals surface area contributed by atoms with Crippen LogP contribution in [0, 0.1) is 5.82 Å². The molecule has 5 heteroatoms. The fourth-order valence-electron chi connectivity index (χ4n) is 1.10. The number of carbonyl (C=O) groups excluding carboxylic acids is 2. The molecule has 0 aromatic heterocycles. The van der Waals surface area contributed by atoms with Gasteiger partial charge in [-0.1, -0.05) is 0 Å². The molecule has 0 aliphatic heterocycles. The monoisotopic (exact) mass is 224 g/mol. The number of aliphatic carboxylic acids is 1. The first kappa shape index (κ1) is 12.0. The average molecular weight is 224 g/mol. The van der Waals surface area contributed by atoms with Gasteiger partial charge in [0.15, 0.2) is 0 Å². The molecule has 0 heterocycles. The fourth-order valence-corrected chi connectivity index (χ4v) is 1.10. The summed E-state index contributed by atoms with van der Waals surface area (Å²) in [5.41, 5.74) is 0.0665. The van der Waals surface area contributed by atoms with E-state index in [1.165, 1.54) is 12.1 Å². The second-order valence-corrected chi connectivity index (χ2v) is 3.15. The summed E-state index contributed by atoms with van der Waals surface area (Å²) in [5.74, 6) is -3.22. The van der Waals surface area contributed by atoms with Crippen LogP contribution in [-0.2, 0) is 9.59 Å². The van der Waals surface area contributed by atoms with Crippen LogP contribution in [0.15, 0.2) is 24.3 Å². The predicted molar refractivity (Wildman–Crippen MR) is 52.6 cm³/mol. The Hall–Kier alpha value is -2.04. The lowest BCUT2D eigenvalue weighted by Gasteiger charge is -1.98. The summed E-state index contributed by atoms with van der Waals surface area (Å²) >= 11 is 0. The summed E-state index contributed by atoms with van der Waals surface area (Å²) < 4.78 is 12.5. The highest BCUT2D eigenvalue weighted by molar-refractivity contribution is 6.43. The number of benzene rings is 1. The maximum atomic E-state index is 12.5. The molecule has 0 bridgehead atoms. The van der Waals surface area contributed by atoms with E-state index in [-0.39, 0.29) is 18.4 Å². The van der Waals surface area contributed by atoms with E-state index in [4.69, 9.17) is 5.11 Å². The van der Waals surface area contributed by atoms with Crippen LogP contribution in [0.1, 0.15) is 23.2 Å². The zero-order valence-electron chi connectivity index (χ0n) is 8.27.